The number of amides is 1. The molecule has 0 spiro atoms. The minimum atomic E-state index is -0.746. The van der Waals surface area contributed by atoms with E-state index in [1.54, 1.807) is 17.0 Å². The van der Waals surface area contributed by atoms with Gasteiger partial charge in [-0.15, -0.1) is 0 Å². The molecular formula is C15H20N4O3. The minimum Gasteiger partial charge on any atom is -0.466 e. The molecule has 1 heterocycles. The smallest absolute Gasteiger partial charge is 0.308 e. The van der Waals surface area contributed by atoms with Crippen molar-refractivity contribution < 1.29 is 14.3 Å². The molecule has 0 aromatic rings. The number of ether oxygens (including phenoxy) is 1. The predicted octanol–water partition coefficient (Wildman–Crippen LogP) is 0.841. The summed E-state index contributed by atoms with van der Waals surface area (Å²) in [6, 6.07) is 2.75. The van der Waals surface area contributed by atoms with Crippen LogP contribution in [0.3, 0.4) is 0 Å². The molecule has 0 bridgehead atoms. The fourth-order valence-corrected chi connectivity index (χ4v) is 2.10. The van der Waals surface area contributed by atoms with Gasteiger partial charge < -0.3 is 15.0 Å². The number of carbonyl (C=O) groups excluding carboxylic acids is 2. The summed E-state index contributed by atoms with van der Waals surface area (Å²) < 4.78 is 5.10. The van der Waals surface area contributed by atoms with E-state index < -0.39 is 12.0 Å². The number of nitriles is 2. The Balaban J connectivity index is 2.64. The van der Waals surface area contributed by atoms with E-state index in [1.807, 2.05) is 0 Å². The molecule has 1 saturated heterocycles. The molecule has 1 amide bonds. The van der Waals surface area contributed by atoms with Gasteiger partial charge >= 0.3 is 5.97 Å². The van der Waals surface area contributed by atoms with E-state index in [4.69, 9.17) is 15.3 Å². The Morgan fingerprint density at radius 1 is 1.45 bits per heavy atom. The first-order valence-electron chi connectivity index (χ1n) is 7.33. The molecule has 22 heavy (non-hydrogen) atoms. The molecule has 0 saturated carbocycles. The molecule has 1 fully saturated rings. The van der Waals surface area contributed by atoms with Gasteiger partial charge in [0.15, 0.2) is 0 Å². The summed E-state index contributed by atoms with van der Waals surface area (Å²) in [5.74, 6) is -0.754. The van der Waals surface area contributed by atoms with Gasteiger partial charge in [0, 0.05) is 19.3 Å². The van der Waals surface area contributed by atoms with Gasteiger partial charge in [-0.05, 0) is 6.42 Å². The number of piperazine rings is 1. The zero-order chi connectivity index (χ0) is 16.4. The molecule has 1 aliphatic rings. The lowest BCUT2D eigenvalue weighted by molar-refractivity contribution is -0.147. The van der Waals surface area contributed by atoms with Crippen molar-refractivity contribution in [2.45, 2.75) is 38.6 Å². The molecule has 1 atom stereocenters. The molecule has 0 aromatic carbocycles. The Bertz CT molecular complexity index is 500. The Morgan fingerprint density at radius 2 is 2.18 bits per heavy atom. The first kappa shape index (κ1) is 17.5. The van der Waals surface area contributed by atoms with Crippen molar-refractivity contribution in [2.75, 3.05) is 19.7 Å². The lowest BCUT2D eigenvalue weighted by Gasteiger charge is -2.33. The third-order valence-corrected chi connectivity index (χ3v) is 3.28. The van der Waals surface area contributed by atoms with Crippen molar-refractivity contribution in [2.24, 2.45) is 0 Å². The van der Waals surface area contributed by atoms with Gasteiger partial charge in [-0.2, -0.15) is 10.5 Å². The first-order chi connectivity index (χ1) is 10.6. The van der Waals surface area contributed by atoms with E-state index >= 15 is 0 Å². The quantitative estimate of drug-likeness (QED) is 0.424. The number of hydrogen-bond acceptors (Lipinski definition) is 6. The summed E-state index contributed by atoms with van der Waals surface area (Å²) in [7, 11) is 0. The van der Waals surface area contributed by atoms with Crippen molar-refractivity contribution in [3.63, 3.8) is 0 Å². The van der Waals surface area contributed by atoms with Crippen LogP contribution in [0.15, 0.2) is 11.8 Å². The molecule has 1 rings (SSSR count). The largest absolute Gasteiger partial charge is 0.466 e. The van der Waals surface area contributed by atoms with Crippen LogP contribution < -0.4 is 5.32 Å². The zero-order valence-corrected chi connectivity index (χ0v) is 12.7. The molecular weight excluding hydrogens is 284 g/mol. The van der Waals surface area contributed by atoms with Crippen molar-refractivity contribution in [1.82, 2.24) is 10.2 Å². The van der Waals surface area contributed by atoms with E-state index in [0.29, 0.717) is 19.7 Å². The monoisotopic (exact) mass is 304 g/mol. The molecule has 118 valence electrons. The fraction of sp³-hybridized carbons (Fsp3) is 0.600. The Morgan fingerprint density at radius 3 is 2.82 bits per heavy atom. The number of nitrogens with zero attached hydrogens (tertiary/aromatic N) is 3. The Kier molecular flexibility index (Phi) is 7.49. The second-order valence-corrected chi connectivity index (χ2v) is 4.94. The third kappa shape index (κ3) is 5.45. The molecule has 1 aliphatic heterocycles. The highest BCUT2D eigenvalue weighted by molar-refractivity contribution is 5.87. The molecule has 7 nitrogen and oxygen atoms in total. The van der Waals surface area contributed by atoms with Crippen LogP contribution in [0.25, 0.3) is 0 Å². The topological polar surface area (TPSA) is 106 Å². The maximum atomic E-state index is 11.9. The summed E-state index contributed by atoms with van der Waals surface area (Å²) in [5, 5.41) is 20.3. The van der Waals surface area contributed by atoms with E-state index in [-0.39, 0.29) is 17.9 Å². The summed E-state index contributed by atoms with van der Waals surface area (Å²) in [6.07, 6.45) is 4.05. The van der Waals surface area contributed by atoms with Crippen molar-refractivity contribution >= 4 is 11.9 Å². The molecule has 0 radical (unpaired) electrons. The number of hydrogen-bond donors (Lipinski definition) is 1. The molecule has 1 unspecified atom stereocenters. The maximum absolute atomic E-state index is 11.9. The molecule has 1 N–H and O–H groups in total. The predicted molar refractivity (Wildman–Crippen MR) is 77.9 cm³/mol. The second kappa shape index (κ2) is 9.41. The van der Waals surface area contributed by atoms with Crippen molar-refractivity contribution in [3.05, 3.63) is 11.8 Å². The number of allylic oxidation sites excluding steroid dienone is 1. The van der Waals surface area contributed by atoms with Crippen LogP contribution in [-0.4, -0.2) is 42.5 Å². The number of carbonyl (C=O) groups is 2. The lowest BCUT2D eigenvalue weighted by atomic mass is 10.1. The van der Waals surface area contributed by atoms with Crippen LogP contribution in [0.2, 0.25) is 0 Å². The summed E-state index contributed by atoms with van der Waals surface area (Å²) in [6.45, 7) is 3.24. The highest BCUT2D eigenvalue weighted by Crippen LogP contribution is 2.12. The standard InChI is InChI=1S/C15H20N4O3/c1-2-3-4-7-22-14(20)8-13-15(21)18-5-6-19(13)11-12(9-16)10-17/h11,13H,2-8H2,1H3,(H,18,21). The maximum Gasteiger partial charge on any atom is 0.308 e. The van der Waals surface area contributed by atoms with E-state index in [0.717, 1.165) is 19.3 Å². The molecule has 0 aromatic heterocycles. The number of rotatable bonds is 7. The van der Waals surface area contributed by atoms with Crippen molar-refractivity contribution in [1.29, 1.82) is 10.5 Å². The average Bonchev–Trinajstić information content (AvgIpc) is 2.52. The van der Waals surface area contributed by atoms with Crippen LogP contribution in [0.1, 0.15) is 32.6 Å². The van der Waals surface area contributed by atoms with E-state index in [9.17, 15) is 9.59 Å². The number of unbranched alkanes of at least 4 members (excludes halogenated alkanes) is 2. The van der Waals surface area contributed by atoms with Crippen molar-refractivity contribution in [3.8, 4) is 12.1 Å². The van der Waals surface area contributed by atoms with Gasteiger partial charge in [-0.3, -0.25) is 9.59 Å². The SMILES string of the molecule is CCCCCOC(=O)CC1C(=O)NCCN1C=C(C#N)C#N. The van der Waals surface area contributed by atoms with Gasteiger partial charge in [0.25, 0.3) is 0 Å². The summed E-state index contributed by atoms with van der Waals surface area (Å²) >= 11 is 0. The summed E-state index contributed by atoms with van der Waals surface area (Å²) in [4.78, 5) is 25.3. The first-order valence-corrected chi connectivity index (χ1v) is 7.33. The molecule has 7 heteroatoms. The van der Waals surface area contributed by atoms with Gasteiger partial charge in [0.05, 0.1) is 13.0 Å². The summed E-state index contributed by atoms with van der Waals surface area (Å²) in [5.41, 5.74) is -0.101. The highest BCUT2D eigenvalue weighted by atomic mass is 16.5. The number of esters is 1. The molecule has 0 aliphatic carbocycles. The van der Waals surface area contributed by atoms with E-state index in [1.165, 1.54) is 6.20 Å². The van der Waals surface area contributed by atoms with E-state index in [2.05, 4.69) is 12.2 Å². The Labute approximate surface area is 130 Å². The number of nitrogens with one attached hydrogen (secondary N) is 1. The average molecular weight is 304 g/mol. The van der Waals surface area contributed by atoms with Crippen LogP contribution in [0.4, 0.5) is 0 Å². The highest BCUT2D eigenvalue weighted by Gasteiger charge is 2.30. The lowest BCUT2D eigenvalue weighted by Crippen LogP contribution is -2.54. The third-order valence-electron chi connectivity index (χ3n) is 3.28. The Hall–Kier alpha value is -2.54. The second-order valence-electron chi connectivity index (χ2n) is 4.94. The van der Waals surface area contributed by atoms with Gasteiger partial charge in [0.2, 0.25) is 5.91 Å². The van der Waals surface area contributed by atoms with Crippen LogP contribution in [0, 0.1) is 22.7 Å². The van der Waals surface area contributed by atoms with Gasteiger partial charge in [-0.1, -0.05) is 19.8 Å². The van der Waals surface area contributed by atoms with Crippen LogP contribution in [0.5, 0.6) is 0 Å². The van der Waals surface area contributed by atoms with Crippen LogP contribution >= 0.6 is 0 Å². The van der Waals surface area contributed by atoms with Gasteiger partial charge in [-0.25, -0.2) is 0 Å². The zero-order valence-electron chi connectivity index (χ0n) is 12.7. The van der Waals surface area contributed by atoms with Gasteiger partial charge in [0.1, 0.15) is 23.8 Å². The van der Waals surface area contributed by atoms with Crippen LogP contribution in [-0.2, 0) is 14.3 Å². The normalized spacial score (nSPS) is 17.0. The fourth-order valence-electron chi connectivity index (χ4n) is 2.10. The minimum absolute atomic E-state index is 0.0986.